The van der Waals surface area contributed by atoms with Crippen molar-refractivity contribution in [3.8, 4) is 5.75 Å². The van der Waals surface area contributed by atoms with Crippen LogP contribution in [0.25, 0.3) is 0 Å². The van der Waals surface area contributed by atoms with E-state index in [1.807, 2.05) is 18.2 Å². The second kappa shape index (κ2) is 9.32. The van der Waals surface area contributed by atoms with Crippen LogP contribution in [0.4, 0.5) is 5.69 Å². The fourth-order valence-electron chi connectivity index (χ4n) is 2.56. The van der Waals surface area contributed by atoms with E-state index in [9.17, 15) is 14.4 Å². The molecule has 8 nitrogen and oxygen atoms in total. The van der Waals surface area contributed by atoms with Crippen LogP contribution in [0.1, 0.15) is 20.8 Å². The summed E-state index contributed by atoms with van der Waals surface area (Å²) in [7, 11) is 1.26. The largest absolute Gasteiger partial charge is 0.492 e. The fourth-order valence-corrected chi connectivity index (χ4v) is 2.56. The van der Waals surface area contributed by atoms with Crippen LogP contribution in [0.5, 0.6) is 5.75 Å². The minimum Gasteiger partial charge on any atom is -0.492 e. The van der Waals surface area contributed by atoms with Crippen LogP contribution >= 0.6 is 0 Å². The maximum atomic E-state index is 12.6. The quantitative estimate of drug-likeness (QED) is 0.619. The molecule has 29 heavy (non-hydrogen) atoms. The zero-order chi connectivity index (χ0) is 20.6. The number of rotatable bonds is 7. The van der Waals surface area contributed by atoms with Crippen LogP contribution in [-0.2, 0) is 11.3 Å². The van der Waals surface area contributed by atoms with Gasteiger partial charge >= 0.3 is 5.97 Å². The molecule has 3 aromatic rings. The summed E-state index contributed by atoms with van der Waals surface area (Å²) >= 11 is 0. The summed E-state index contributed by atoms with van der Waals surface area (Å²) in [5, 5.41) is 6.71. The molecule has 2 aromatic carbocycles. The average Bonchev–Trinajstić information content (AvgIpc) is 2.75. The number of ether oxygens (including phenoxy) is 2. The summed E-state index contributed by atoms with van der Waals surface area (Å²) in [6.07, 6.45) is 0. The molecule has 0 fully saturated rings. The molecular formula is C21H19N3O5. The zero-order valence-corrected chi connectivity index (χ0v) is 15.7. The molecule has 8 heteroatoms. The van der Waals surface area contributed by atoms with Gasteiger partial charge in [-0.15, -0.1) is 0 Å². The van der Waals surface area contributed by atoms with E-state index in [0.29, 0.717) is 5.75 Å². The minimum atomic E-state index is -0.572. The third kappa shape index (κ3) is 5.07. The lowest BCUT2D eigenvalue weighted by molar-refractivity contribution is 0.0602. The monoisotopic (exact) mass is 393 g/mol. The normalized spacial score (nSPS) is 10.2. The van der Waals surface area contributed by atoms with Crippen LogP contribution in [-0.4, -0.2) is 35.4 Å². The first-order valence-corrected chi connectivity index (χ1v) is 8.83. The molecular weight excluding hydrogens is 374 g/mol. The summed E-state index contributed by atoms with van der Waals surface area (Å²) in [6, 6.07) is 18.2. The number of anilines is 1. The fraction of sp³-hybridized carbons (Fsp3) is 0.143. The number of nitrogens with zero attached hydrogens (tertiary/aromatic N) is 2. The van der Waals surface area contributed by atoms with E-state index in [-0.39, 0.29) is 35.7 Å². The molecule has 0 radical (unpaired) electrons. The molecule has 1 N–H and O–H groups in total. The lowest BCUT2D eigenvalue weighted by Gasteiger charge is -2.11. The molecule has 0 aliphatic rings. The van der Waals surface area contributed by atoms with Crippen molar-refractivity contribution in [2.24, 2.45) is 0 Å². The molecule has 3 rings (SSSR count). The van der Waals surface area contributed by atoms with Crippen molar-refractivity contribution in [3.63, 3.8) is 0 Å². The molecule has 1 heterocycles. The second-order valence-corrected chi connectivity index (χ2v) is 5.93. The number of nitrogens with one attached hydrogen (secondary N) is 1. The number of carbonyl (C=O) groups is 2. The van der Waals surface area contributed by atoms with E-state index < -0.39 is 11.9 Å². The number of amides is 1. The van der Waals surface area contributed by atoms with Crippen molar-refractivity contribution in [2.75, 3.05) is 19.0 Å². The highest BCUT2D eigenvalue weighted by atomic mass is 16.5. The first-order valence-electron chi connectivity index (χ1n) is 8.83. The van der Waals surface area contributed by atoms with Crippen LogP contribution in [0, 0.1) is 0 Å². The highest BCUT2D eigenvalue weighted by molar-refractivity contribution is 6.06. The van der Waals surface area contributed by atoms with Gasteiger partial charge < -0.3 is 14.8 Å². The van der Waals surface area contributed by atoms with Crippen LogP contribution < -0.4 is 15.6 Å². The number of benzene rings is 2. The van der Waals surface area contributed by atoms with Crippen LogP contribution in [0.2, 0.25) is 0 Å². The topological polar surface area (TPSA) is 99.5 Å². The van der Waals surface area contributed by atoms with E-state index in [1.165, 1.54) is 25.3 Å². The van der Waals surface area contributed by atoms with Gasteiger partial charge in [-0.25, -0.2) is 9.48 Å². The number of carbonyl (C=O) groups excluding carboxylic acids is 2. The van der Waals surface area contributed by atoms with E-state index >= 15 is 0 Å². The highest BCUT2D eigenvalue weighted by Gasteiger charge is 2.16. The summed E-state index contributed by atoms with van der Waals surface area (Å²) in [6.45, 7) is 0.390. The molecule has 0 aliphatic heterocycles. The Kier molecular flexibility index (Phi) is 6.36. The summed E-state index contributed by atoms with van der Waals surface area (Å²) < 4.78 is 11.4. The number of esters is 1. The summed E-state index contributed by atoms with van der Waals surface area (Å²) in [4.78, 5) is 36.4. The van der Waals surface area contributed by atoms with E-state index in [0.717, 1.165) is 4.68 Å². The van der Waals surface area contributed by atoms with Gasteiger partial charge in [-0.05, 0) is 30.3 Å². The molecule has 0 saturated heterocycles. The standard InChI is InChI=1S/C21H19N3O5/c1-28-21(27)16-9-5-6-10-17(16)22-20(26)18-11-12-19(25)24(23-18)13-14-29-15-7-3-2-4-8-15/h2-12H,13-14H2,1H3,(H,22,26). The lowest BCUT2D eigenvalue weighted by atomic mass is 10.1. The molecule has 0 atom stereocenters. The first kappa shape index (κ1) is 19.8. The van der Waals surface area contributed by atoms with Gasteiger partial charge in [0.25, 0.3) is 11.5 Å². The van der Waals surface area contributed by atoms with E-state index in [4.69, 9.17) is 9.47 Å². The predicted octanol–water partition coefficient (Wildman–Crippen LogP) is 2.36. The molecule has 0 spiro atoms. The zero-order valence-electron chi connectivity index (χ0n) is 15.7. The number of hydrogen-bond donors (Lipinski definition) is 1. The Balaban J connectivity index is 1.71. The first-order chi connectivity index (χ1) is 14.1. The van der Waals surface area contributed by atoms with E-state index in [2.05, 4.69) is 10.4 Å². The van der Waals surface area contributed by atoms with Crippen molar-refractivity contribution in [1.29, 1.82) is 0 Å². The minimum absolute atomic E-state index is 0.0315. The Hall–Kier alpha value is -3.94. The Morgan fingerprint density at radius 2 is 1.72 bits per heavy atom. The summed E-state index contributed by atoms with van der Waals surface area (Å²) in [5.74, 6) is -0.454. The van der Waals surface area contributed by atoms with Crippen LogP contribution in [0.3, 0.4) is 0 Å². The number of hydrogen-bond acceptors (Lipinski definition) is 6. The third-order valence-corrected chi connectivity index (χ3v) is 3.99. The van der Waals surface area contributed by atoms with Gasteiger partial charge in [-0.1, -0.05) is 30.3 Å². The van der Waals surface area contributed by atoms with Gasteiger partial charge in [-0.3, -0.25) is 9.59 Å². The smallest absolute Gasteiger partial charge is 0.339 e. The van der Waals surface area contributed by atoms with Gasteiger partial charge in [0.15, 0.2) is 0 Å². The number of para-hydroxylation sites is 2. The summed E-state index contributed by atoms with van der Waals surface area (Å²) in [5.41, 5.74) is 0.182. The Bertz CT molecular complexity index is 1060. The number of aromatic nitrogens is 2. The molecule has 0 saturated carbocycles. The molecule has 0 bridgehead atoms. The Labute approximate surface area is 166 Å². The van der Waals surface area contributed by atoms with Crippen LogP contribution in [0.15, 0.2) is 71.5 Å². The third-order valence-electron chi connectivity index (χ3n) is 3.99. The van der Waals surface area contributed by atoms with Crippen molar-refractivity contribution >= 4 is 17.6 Å². The molecule has 1 amide bonds. The Morgan fingerprint density at radius 3 is 2.48 bits per heavy atom. The van der Waals surface area contributed by atoms with Gasteiger partial charge in [0.2, 0.25) is 0 Å². The SMILES string of the molecule is COC(=O)c1ccccc1NC(=O)c1ccc(=O)n(CCOc2ccccc2)n1. The number of methoxy groups -OCH3 is 1. The molecule has 1 aromatic heterocycles. The van der Waals surface area contributed by atoms with Gasteiger partial charge in [0.05, 0.1) is 24.9 Å². The van der Waals surface area contributed by atoms with Gasteiger partial charge in [0.1, 0.15) is 18.1 Å². The molecule has 0 aliphatic carbocycles. The average molecular weight is 393 g/mol. The van der Waals surface area contributed by atoms with Crippen molar-refractivity contribution in [1.82, 2.24) is 9.78 Å². The maximum Gasteiger partial charge on any atom is 0.339 e. The van der Waals surface area contributed by atoms with E-state index in [1.54, 1.807) is 30.3 Å². The predicted molar refractivity (Wildman–Crippen MR) is 106 cm³/mol. The van der Waals surface area contributed by atoms with Crippen molar-refractivity contribution in [3.05, 3.63) is 88.3 Å². The Morgan fingerprint density at radius 1 is 1.00 bits per heavy atom. The van der Waals surface area contributed by atoms with Gasteiger partial charge in [0, 0.05) is 6.07 Å². The molecule has 0 unspecified atom stereocenters. The lowest BCUT2D eigenvalue weighted by Crippen LogP contribution is -2.28. The second-order valence-electron chi connectivity index (χ2n) is 5.93. The highest BCUT2D eigenvalue weighted by Crippen LogP contribution is 2.16. The van der Waals surface area contributed by atoms with Crippen molar-refractivity contribution < 1.29 is 19.1 Å². The molecule has 148 valence electrons. The van der Waals surface area contributed by atoms with Gasteiger partial charge in [-0.2, -0.15) is 5.10 Å². The van der Waals surface area contributed by atoms with Crippen molar-refractivity contribution in [2.45, 2.75) is 6.54 Å². The maximum absolute atomic E-state index is 12.6.